The van der Waals surface area contributed by atoms with Crippen molar-refractivity contribution in [1.82, 2.24) is 15.2 Å². The van der Waals surface area contributed by atoms with E-state index in [1.807, 2.05) is 24.3 Å². The van der Waals surface area contributed by atoms with Crippen LogP contribution in [0.25, 0.3) is 10.8 Å². The number of fused-ring (bicyclic) bond motifs is 1. The van der Waals surface area contributed by atoms with Crippen LogP contribution in [0.2, 0.25) is 5.02 Å². The van der Waals surface area contributed by atoms with Gasteiger partial charge in [0.25, 0.3) is 0 Å². The van der Waals surface area contributed by atoms with Crippen molar-refractivity contribution in [1.29, 1.82) is 0 Å². The van der Waals surface area contributed by atoms with Crippen LogP contribution in [0, 0.1) is 0 Å². The molecule has 0 aliphatic carbocycles. The van der Waals surface area contributed by atoms with Crippen molar-refractivity contribution in [2.24, 2.45) is 0 Å². The molecule has 1 unspecified atom stereocenters. The molecule has 0 saturated carbocycles. The summed E-state index contributed by atoms with van der Waals surface area (Å²) in [6, 6.07) is 7.38. The first-order chi connectivity index (χ1) is 11.1. The molecule has 1 amide bonds. The topological polar surface area (TPSA) is 74.7 Å². The fourth-order valence-electron chi connectivity index (χ4n) is 2.79. The molecule has 6 nitrogen and oxygen atoms in total. The Kier molecular flexibility index (Phi) is 4.83. The van der Waals surface area contributed by atoms with E-state index in [0.717, 1.165) is 10.8 Å². The second kappa shape index (κ2) is 7.02. The number of piperazine rings is 1. The fraction of sp³-hybridized carbons (Fsp3) is 0.375. The number of aromatic nitrogens is 1. The summed E-state index contributed by atoms with van der Waals surface area (Å²) < 4.78 is 5.79. The largest absolute Gasteiger partial charge is 0.477 e. The lowest BCUT2D eigenvalue weighted by Gasteiger charge is -2.33. The lowest BCUT2D eigenvalue weighted by molar-refractivity contribution is 0.103. The highest BCUT2D eigenvalue weighted by atomic mass is 35.5. The summed E-state index contributed by atoms with van der Waals surface area (Å²) >= 11 is 6.04. The van der Waals surface area contributed by atoms with Crippen molar-refractivity contribution in [3.05, 3.63) is 35.5 Å². The average Bonchev–Trinajstić information content (AvgIpc) is 2.55. The van der Waals surface area contributed by atoms with Gasteiger partial charge in [0.05, 0.1) is 12.6 Å². The average molecular weight is 336 g/mol. The molecule has 0 spiro atoms. The highest BCUT2D eigenvalue weighted by Gasteiger charge is 2.25. The van der Waals surface area contributed by atoms with Crippen molar-refractivity contribution in [3.63, 3.8) is 0 Å². The predicted octanol–water partition coefficient (Wildman–Crippen LogP) is 2.61. The molecule has 3 rings (SSSR count). The SMILES string of the molecule is O=C(O)N1CCNCC1CCOc1nccc2ccc(Cl)cc12. The van der Waals surface area contributed by atoms with Gasteiger partial charge in [-0.3, -0.25) is 0 Å². The van der Waals surface area contributed by atoms with Crippen molar-refractivity contribution >= 4 is 28.5 Å². The number of nitrogens with zero attached hydrogens (tertiary/aromatic N) is 2. The van der Waals surface area contributed by atoms with Crippen LogP contribution in [0.1, 0.15) is 6.42 Å². The Morgan fingerprint density at radius 2 is 2.35 bits per heavy atom. The first kappa shape index (κ1) is 15.8. The van der Waals surface area contributed by atoms with Gasteiger partial charge in [-0.2, -0.15) is 0 Å². The third kappa shape index (κ3) is 3.65. The Morgan fingerprint density at radius 1 is 1.48 bits per heavy atom. The molecule has 1 aliphatic heterocycles. The van der Waals surface area contributed by atoms with E-state index in [1.54, 1.807) is 6.20 Å². The van der Waals surface area contributed by atoms with Gasteiger partial charge in [-0.1, -0.05) is 17.7 Å². The zero-order valence-corrected chi connectivity index (χ0v) is 13.3. The second-order valence-corrected chi connectivity index (χ2v) is 5.89. The summed E-state index contributed by atoms with van der Waals surface area (Å²) in [5.74, 6) is 0.524. The number of rotatable bonds is 4. The Hall–Kier alpha value is -2.05. The van der Waals surface area contributed by atoms with Crippen LogP contribution in [0.3, 0.4) is 0 Å². The normalized spacial score (nSPS) is 18.1. The van der Waals surface area contributed by atoms with E-state index in [-0.39, 0.29) is 6.04 Å². The summed E-state index contributed by atoms with van der Waals surface area (Å²) in [5.41, 5.74) is 0. The quantitative estimate of drug-likeness (QED) is 0.898. The third-order valence-electron chi connectivity index (χ3n) is 3.98. The molecular weight excluding hydrogens is 318 g/mol. The number of ether oxygens (including phenoxy) is 1. The molecule has 0 bridgehead atoms. The first-order valence-electron chi connectivity index (χ1n) is 7.52. The van der Waals surface area contributed by atoms with E-state index < -0.39 is 6.09 Å². The smallest absolute Gasteiger partial charge is 0.407 e. The molecule has 1 fully saturated rings. The van der Waals surface area contributed by atoms with Crippen molar-refractivity contribution in [2.75, 3.05) is 26.2 Å². The van der Waals surface area contributed by atoms with Crippen molar-refractivity contribution < 1.29 is 14.6 Å². The van der Waals surface area contributed by atoms with Crippen molar-refractivity contribution in [3.8, 4) is 5.88 Å². The predicted molar refractivity (Wildman–Crippen MR) is 88.3 cm³/mol. The number of carboxylic acid groups (broad SMARTS) is 1. The molecular formula is C16H18ClN3O3. The maximum absolute atomic E-state index is 11.2. The van der Waals surface area contributed by atoms with E-state index in [9.17, 15) is 9.90 Å². The number of amides is 1. The van der Waals surface area contributed by atoms with Gasteiger partial charge < -0.3 is 20.1 Å². The van der Waals surface area contributed by atoms with E-state index in [4.69, 9.17) is 16.3 Å². The Balaban J connectivity index is 1.66. The molecule has 1 atom stereocenters. The maximum Gasteiger partial charge on any atom is 0.407 e. The number of carbonyl (C=O) groups is 1. The van der Waals surface area contributed by atoms with Crippen LogP contribution in [0.4, 0.5) is 4.79 Å². The molecule has 7 heteroatoms. The minimum Gasteiger partial charge on any atom is -0.477 e. The van der Waals surface area contributed by atoms with E-state index >= 15 is 0 Å². The first-order valence-corrected chi connectivity index (χ1v) is 7.90. The van der Waals surface area contributed by atoms with Gasteiger partial charge >= 0.3 is 6.09 Å². The Morgan fingerprint density at radius 3 is 3.17 bits per heavy atom. The summed E-state index contributed by atoms with van der Waals surface area (Å²) in [6.45, 7) is 2.23. The lowest BCUT2D eigenvalue weighted by atomic mass is 10.1. The molecule has 1 aromatic heterocycles. The molecule has 2 aromatic rings. The molecule has 122 valence electrons. The van der Waals surface area contributed by atoms with Crippen LogP contribution < -0.4 is 10.1 Å². The van der Waals surface area contributed by atoms with Gasteiger partial charge in [0, 0.05) is 42.7 Å². The number of nitrogens with one attached hydrogen (secondary N) is 1. The van der Waals surface area contributed by atoms with Gasteiger partial charge in [-0.25, -0.2) is 9.78 Å². The number of hydrogen-bond donors (Lipinski definition) is 2. The van der Waals surface area contributed by atoms with Crippen molar-refractivity contribution in [2.45, 2.75) is 12.5 Å². The highest BCUT2D eigenvalue weighted by molar-refractivity contribution is 6.31. The maximum atomic E-state index is 11.2. The number of pyridine rings is 1. The van der Waals surface area contributed by atoms with Crippen LogP contribution >= 0.6 is 11.6 Å². The van der Waals surface area contributed by atoms with Gasteiger partial charge in [-0.15, -0.1) is 0 Å². The third-order valence-corrected chi connectivity index (χ3v) is 4.21. The Labute approximate surface area is 139 Å². The number of halogens is 1. The Bertz CT molecular complexity index is 710. The number of hydrogen-bond acceptors (Lipinski definition) is 4. The monoisotopic (exact) mass is 335 g/mol. The van der Waals surface area contributed by atoms with Gasteiger partial charge in [0.15, 0.2) is 0 Å². The molecule has 1 saturated heterocycles. The van der Waals surface area contributed by atoms with E-state index in [1.165, 1.54) is 4.90 Å². The summed E-state index contributed by atoms with van der Waals surface area (Å²) in [7, 11) is 0. The molecule has 2 heterocycles. The van der Waals surface area contributed by atoms with E-state index in [2.05, 4.69) is 10.3 Å². The van der Waals surface area contributed by atoms with Gasteiger partial charge in [0.1, 0.15) is 0 Å². The zero-order valence-electron chi connectivity index (χ0n) is 12.5. The zero-order chi connectivity index (χ0) is 16.2. The molecule has 23 heavy (non-hydrogen) atoms. The molecule has 1 aliphatic rings. The summed E-state index contributed by atoms with van der Waals surface area (Å²) in [4.78, 5) is 17.0. The highest BCUT2D eigenvalue weighted by Crippen LogP contribution is 2.26. The molecule has 2 N–H and O–H groups in total. The second-order valence-electron chi connectivity index (χ2n) is 5.45. The van der Waals surface area contributed by atoms with Gasteiger partial charge in [0.2, 0.25) is 5.88 Å². The summed E-state index contributed by atoms with van der Waals surface area (Å²) in [5, 5.41) is 14.9. The minimum atomic E-state index is -0.883. The van der Waals surface area contributed by atoms with Crippen LogP contribution in [-0.4, -0.2) is 53.4 Å². The van der Waals surface area contributed by atoms with Crippen LogP contribution in [-0.2, 0) is 0 Å². The fourth-order valence-corrected chi connectivity index (χ4v) is 2.96. The molecule has 0 radical (unpaired) electrons. The standard InChI is InChI=1S/C16H18ClN3O3/c17-12-2-1-11-3-5-19-15(14(11)9-12)23-8-4-13-10-18-6-7-20(13)16(21)22/h1-3,5,9,13,18H,4,6-8,10H2,(H,21,22). The summed E-state index contributed by atoms with van der Waals surface area (Å²) in [6.07, 6.45) is 1.42. The lowest BCUT2D eigenvalue weighted by Crippen LogP contribution is -2.53. The number of benzene rings is 1. The molecule has 1 aromatic carbocycles. The van der Waals surface area contributed by atoms with E-state index in [0.29, 0.717) is 43.6 Å². The van der Waals surface area contributed by atoms with Crippen LogP contribution in [0.15, 0.2) is 30.5 Å². The van der Waals surface area contributed by atoms with Gasteiger partial charge in [-0.05, 0) is 23.6 Å². The van der Waals surface area contributed by atoms with Crippen LogP contribution in [0.5, 0.6) is 5.88 Å². The minimum absolute atomic E-state index is 0.0835.